The van der Waals surface area contributed by atoms with Crippen molar-refractivity contribution in [2.24, 2.45) is 0 Å². The van der Waals surface area contributed by atoms with Gasteiger partial charge in [0, 0.05) is 6.04 Å². The number of sulfone groups is 1. The van der Waals surface area contributed by atoms with Gasteiger partial charge in [-0.15, -0.1) is 0 Å². The fourth-order valence-electron chi connectivity index (χ4n) is 2.94. The van der Waals surface area contributed by atoms with Gasteiger partial charge in [-0.1, -0.05) is 30.3 Å². The first kappa shape index (κ1) is 19.9. The van der Waals surface area contributed by atoms with Gasteiger partial charge in [0.25, 0.3) is 11.8 Å². The van der Waals surface area contributed by atoms with E-state index in [2.05, 4.69) is 10.6 Å². The first-order valence-electron chi connectivity index (χ1n) is 9.50. The van der Waals surface area contributed by atoms with Crippen LogP contribution in [0.1, 0.15) is 39.5 Å². The molecule has 1 saturated carbocycles. The highest BCUT2D eigenvalue weighted by Gasteiger charge is 2.25. The molecule has 2 aromatic carbocycles. The van der Waals surface area contributed by atoms with Gasteiger partial charge in [0.2, 0.25) is 0 Å². The summed E-state index contributed by atoms with van der Waals surface area (Å²) in [5.74, 6) is -1.05. The van der Waals surface area contributed by atoms with E-state index in [0.29, 0.717) is 11.3 Å². The fourth-order valence-corrected chi connectivity index (χ4v) is 4.21. The third-order valence-corrected chi connectivity index (χ3v) is 6.31. The summed E-state index contributed by atoms with van der Waals surface area (Å²) < 4.78 is 30.4. The average Bonchev–Trinajstić information content (AvgIpc) is 3.43. The Morgan fingerprint density at radius 1 is 0.900 bits per heavy atom. The minimum atomic E-state index is -3.59. The zero-order valence-electron chi connectivity index (χ0n) is 16.0. The van der Waals surface area contributed by atoms with Gasteiger partial charge in [-0.05, 0) is 49.2 Å². The van der Waals surface area contributed by atoms with Crippen LogP contribution in [0.15, 0.2) is 76.0 Å². The zero-order valence-corrected chi connectivity index (χ0v) is 16.8. The van der Waals surface area contributed by atoms with E-state index in [1.54, 1.807) is 42.5 Å². The largest absolute Gasteiger partial charge is 0.455 e. The quantitative estimate of drug-likeness (QED) is 0.605. The van der Waals surface area contributed by atoms with Crippen molar-refractivity contribution in [2.75, 3.05) is 5.32 Å². The number of benzene rings is 2. The molecule has 3 aromatic rings. The van der Waals surface area contributed by atoms with Crippen LogP contribution in [0.3, 0.4) is 0 Å². The summed E-state index contributed by atoms with van der Waals surface area (Å²) in [6, 6.07) is 17.8. The lowest BCUT2D eigenvalue weighted by molar-refractivity contribution is 0.0952. The van der Waals surface area contributed by atoms with Crippen molar-refractivity contribution in [3.63, 3.8) is 0 Å². The van der Waals surface area contributed by atoms with Crippen molar-refractivity contribution in [2.45, 2.75) is 29.5 Å². The van der Waals surface area contributed by atoms with Crippen molar-refractivity contribution in [3.8, 4) is 0 Å². The van der Waals surface area contributed by atoms with Crippen LogP contribution >= 0.6 is 0 Å². The molecule has 8 heteroatoms. The van der Waals surface area contributed by atoms with Crippen molar-refractivity contribution < 1.29 is 22.4 Å². The number of amides is 2. The highest BCUT2D eigenvalue weighted by Crippen LogP contribution is 2.23. The van der Waals surface area contributed by atoms with Crippen molar-refractivity contribution >= 4 is 27.3 Å². The number of carbonyl (C=O) groups is 2. The van der Waals surface area contributed by atoms with E-state index in [4.69, 9.17) is 4.42 Å². The SMILES string of the molecule is O=C(Nc1ccccc1C(=O)NC1CC1)c1ccc(CS(=O)(=O)c2ccccc2)o1. The number of furan rings is 1. The smallest absolute Gasteiger partial charge is 0.291 e. The topological polar surface area (TPSA) is 105 Å². The molecule has 0 saturated heterocycles. The molecule has 4 rings (SSSR count). The maximum atomic E-state index is 12.6. The number of para-hydroxylation sites is 1. The lowest BCUT2D eigenvalue weighted by Gasteiger charge is -2.10. The van der Waals surface area contributed by atoms with Crippen molar-refractivity contribution in [1.29, 1.82) is 0 Å². The molecule has 2 amide bonds. The molecule has 7 nitrogen and oxygen atoms in total. The Bertz CT molecular complexity index is 1180. The van der Waals surface area contributed by atoms with Crippen LogP contribution in [0, 0.1) is 0 Å². The highest BCUT2D eigenvalue weighted by molar-refractivity contribution is 7.90. The third kappa shape index (κ3) is 4.60. The van der Waals surface area contributed by atoms with E-state index in [9.17, 15) is 18.0 Å². The van der Waals surface area contributed by atoms with Crippen LogP contribution in [0.4, 0.5) is 5.69 Å². The minimum absolute atomic E-state index is 0.0364. The lowest BCUT2D eigenvalue weighted by atomic mass is 10.1. The summed E-state index contributed by atoms with van der Waals surface area (Å²) >= 11 is 0. The molecule has 1 heterocycles. The number of nitrogens with one attached hydrogen (secondary N) is 2. The molecule has 0 radical (unpaired) electrons. The van der Waals surface area contributed by atoms with Crippen molar-refractivity contribution in [1.82, 2.24) is 5.32 Å². The molecule has 1 aliphatic carbocycles. The summed E-state index contributed by atoms with van der Waals surface area (Å²) in [5, 5.41) is 5.55. The summed E-state index contributed by atoms with van der Waals surface area (Å²) in [5.41, 5.74) is 0.715. The fraction of sp³-hybridized carbons (Fsp3) is 0.182. The van der Waals surface area contributed by atoms with E-state index in [-0.39, 0.29) is 34.1 Å². The van der Waals surface area contributed by atoms with E-state index in [1.165, 1.54) is 24.3 Å². The molecule has 0 aliphatic heterocycles. The highest BCUT2D eigenvalue weighted by atomic mass is 32.2. The molecule has 1 fully saturated rings. The standard InChI is InChI=1S/C22H20N2O5S/c25-21(23-15-10-11-15)18-8-4-5-9-19(18)24-22(26)20-13-12-16(29-20)14-30(27,28)17-6-2-1-3-7-17/h1-9,12-13,15H,10-11,14H2,(H,23,25)(H,24,26). The maximum absolute atomic E-state index is 12.6. The van der Waals surface area contributed by atoms with E-state index < -0.39 is 15.7 Å². The molecule has 0 atom stereocenters. The van der Waals surface area contributed by atoms with Crippen LogP contribution in [0.25, 0.3) is 0 Å². The van der Waals surface area contributed by atoms with E-state index in [0.717, 1.165) is 12.8 Å². The van der Waals surface area contributed by atoms with Gasteiger partial charge in [-0.3, -0.25) is 9.59 Å². The lowest BCUT2D eigenvalue weighted by Crippen LogP contribution is -2.26. The first-order valence-corrected chi connectivity index (χ1v) is 11.2. The summed E-state index contributed by atoms with van der Waals surface area (Å²) in [7, 11) is -3.59. The van der Waals surface area contributed by atoms with Crippen LogP contribution in [0.5, 0.6) is 0 Å². The number of hydrogen-bond acceptors (Lipinski definition) is 5. The van der Waals surface area contributed by atoms with Crippen LogP contribution in [0.2, 0.25) is 0 Å². The van der Waals surface area contributed by atoms with Gasteiger partial charge < -0.3 is 15.1 Å². The Morgan fingerprint density at radius 2 is 1.60 bits per heavy atom. The van der Waals surface area contributed by atoms with Crippen LogP contribution < -0.4 is 10.6 Å². The van der Waals surface area contributed by atoms with Crippen LogP contribution in [-0.4, -0.2) is 26.3 Å². The van der Waals surface area contributed by atoms with Gasteiger partial charge in [-0.2, -0.15) is 0 Å². The zero-order chi connectivity index (χ0) is 21.1. The summed E-state index contributed by atoms with van der Waals surface area (Å²) in [6.45, 7) is 0. The normalized spacial score (nSPS) is 13.6. The Kier molecular flexibility index (Phi) is 5.41. The number of anilines is 1. The molecule has 30 heavy (non-hydrogen) atoms. The Hall–Kier alpha value is -3.39. The second-order valence-corrected chi connectivity index (χ2v) is 9.08. The second kappa shape index (κ2) is 8.16. The molecular weight excluding hydrogens is 404 g/mol. The molecule has 2 N–H and O–H groups in total. The van der Waals surface area contributed by atoms with Crippen molar-refractivity contribution in [3.05, 3.63) is 83.8 Å². The van der Waals surface area contributed by atoms with Gasteiger partial charge in [0.1, 0.15) is 11.5 Å². The second-order valence-electron chi connectivity index (χ2n) is 7.09. The molecule has 1 aromatic heterocycles. The average molecular weight is 424 g/mol. The van der Waals surface area contributed by atoms with Gasteiger partial charge >= 0.3 is 0 Å². The van der Waals surface area contributed by atoms with E-state index >= 15 is 0 Å². The Balaban J connectivity index is 1.47. The molecule has 0 unspecified atom stereocenters. The summed E-state index contributed by atoms with van der Waals surface area (Å²) in [6.07, 6.45) is 1.92. The summed E-state index contributed by atoms with van der Waals surface area (Å²) in [4.78, 5) is 25.1. The predicted molar refractivity (Wildman–Crippen MR) is 111 cm³/mol. The van der Waals surface area contributed by atoms with Gasteiger partial charge in [0.15, 0.2) is 15.6 Å². The molecular formula is C22H20N2O5S. The molecule has 0 bridgehead atoms. The third-order valence-electron chi connectivity index (χ3n) is 4.65. The Labute approximate surface area is 174 Å². The predicted octanol–water partition coefficient (Wildman–Crippen LogP) is 3.40. The maximum Gasteiger partial charge on any atom is 0.291 e. The van der Waals surface area contributed by atoms with Gasteiger partial charge in [-0.25, -0.2) is 8.42 Å². The molecule has 1 aliphatic rings. The monoisotopic (exact) mass is 424 g/mol. The number of hydrogen-bond donors (Lipinski definition) is 2. The Morgan fingerprint density at radius 3 is 2.33 bits per heavy atom. The minimum Gasteiger partial charge on any atom is -0.455 e. The number of carbonyl (C=O) groups excluding carboxylic acids is 2. The van der Waals surface area contributed by atoms with Crippen LogP contribution in [-0.2, 0) is 15.6 Å². The van der Waals surface area contributed by atoms with E-state index in [1.807, 2.05) is 0 Å². The number of rotatable bonds is 7. The first-order chi connectivity index (χ1) is 14.4. The molecule has 0 spiro atoms. The molecule has 154 valence electrons. The van der Waals surface area contributed by atoms with Gasteiger partial charge in [0.05, 0.1) is 16.1 Å².